The van der Waals surface area contributed by atoms with E-state index in [1.807, 2.05) is 0 Å². The van der Waals surface area contributed by atoms with Crippen molar-refractivity contribution >= 4 is 32.0 Å². The molecular formula is C18H27NO11S2. The Bertz CT molecular complexity index is 998. The Morgan fingerprint density at radius 3 is 2.16 bits per heavy atom. The van der Waals surface area contributed by atoms with E-state index in [9.17, 15) is 26.4 Å². The molecule has 0 aliphatic rings. The molecule has 0 amide bonds. The molecule has 1 atom stereocenters. The van der Waals surface area contributed by atoms with Gasteiger partial charge in [-0.15, -0.1) is 0 Å². The Labute approximate surface area is 187 Å². The molecule has 182 valence electrons. The van der Waals surface area contributed by atoms with E-state index in [0.717, 1.165) is 18.4 Å². The molecule has 0 radical (unpaired) electrons. The first-order chi connectivity index (χ1) is 14.7. The molecule has 0 fully saturated rings. The van der Waals surface area contributed by atoms with Crippen LogP contribution in [0.4, 0.5) is 4.79 Å². The van der Waals surface area contributed by atoms with Gasteiger partial charge in [0.25, 0.3) is 10.0 Å². The van der Waals surface area contributed by atoms with Gasteiger partial charge in [-0.2, -0.15) is 0 Å². The number of sulfonamides is 1. The number of esters is 1. The van der Waals surface area contributed by atoms with Crippen molar-refractivity contribution in [1.82, 2.24) is 4.89 Å². The van der Waals surface area contributed by atoms with Gasteiger partial charge in [0, 0.05) is 13.4 Å². The minimum absolute atomic E-state index is 0.0864. The molecule has 32 heavy (non-hydrogen) atoms. The van der Waals surface area contributed by atoms with E-state index < -0.39 is 60.1 Å². The maximum atomic E-state index is 12.4. The van der Waals surface area contributed by atoms with Gasteiger partial charge in [-0.3, -0.25) is 0 Å². The number of hydrogen-bond donors (Lipinski definition) is 1. The lowest BCUT2D eigenvalue weighted by molar-refractivity contribution is -0.170. The lowest BCUT2D eigenvalue weighted by Gasteiger charge is -2.23. The Balaban J connectivity index is 2.88. The van der Waals surface area contributed by atoms with Crippen LogP contribution in [-0.2, 0) is 48.4 Å². The summed E-state index contributed by atoms with van der Waals surface area (Å²) in [5.41, 5.74) is -0.897. The number of carbonyl (C=O) groups excluding carboxylic acids is 2. The molecule has 0 spiro atoms. The molecule has 0 saturated carbocycles. The van der Waals surface area contributed by atoms with Crippen molar-refractivity contribution in [3.05, 3.63) is 24.3 Å². The molecule has 0 saturated heterocycles. The zero-order valence-electron chi connectivity index (χ0n) is 18.3. The summed E-state index contributed by atoms with van der Waals surface area (Å²) in [6.45, 7) is 4.68. The highest BCUT2D eigenvalue weighted by molar-refractivity contribution is 7.93. The molecule has 0 aromatic heterocycles. The zero-order chi connectivity index (χ0) is 24.6. The number of rotatable bonds is 11. The van der Waals surface area contributed by atoms with Crippen molar-refractivity contribution in [2.45, 2.75) is 42.3 Å². The van der Waals surface area contributed by atoms with Crippen molar-refractivity contribution in [3.8, 4) is 0 Å². The highest BCUT2D eigenvalue weighted by Crippen LogP contribution is 2.20. The van der Waals surface area contributed by atoms with Crippen molar-refractivity contribution < 1.29 is 50.2 Å². The lowest BCUT2D eigenvalue weighted by Crippen LogP contribution is -2.39. The molecule has 0 heterocycles. The maximum Gasteiger partial charge on any atom is 0.529 e. The second-order valence-corrected chi connectivity index (χ2v) is 11.0. The van der Waals surface area contributed by atoms with Gasteiger partial charge in [0.05, 0.1) is 24.7 Å². The van der Waals surface area contributed by atoms with Crippen LogP contribution in [0.3, 0.4) is 0 Å². The van der Waals surface area contributed by atoms with E-state index in [0.29, 0.717) is 0 Å². The first kappa shape index (κ1) is 27.8. The summed E-state index contributed by atoms with van der Waals surface area (Å²) in [6.07, 6.45) is -2.33. The van der Waals surface area contributed by atoms with Gasteiger partial charge >= 0.3 is 12.1 Å². The summed E-state index contributed by atoms with van der Waals surface area (Å²) in [7, 11) is -7.05. The second-order valence-electron chi connectivity index (χ2n) is 7.37. The van der Waals surface area contributed by atoms with Crippen LogP contribution in [0.25, 0.3) is 0 Å². The molecule has 1 unspecified atom stereocenters. The predicted molar refractivity (Wildman–Crippen MR) is 110 cm³/mol. The second kappa shape index (κ2) is 11.6. The van der Waals surface area contributed by atoms with E-state index in [4.69, 9.17) is 18.9 Å². The molecule has 1 aromatic rings. The van der Waals surface area contributed by atoms with Gasteiger partial charge < -0.3 is 23.8 Å². The molecule has 12 nitrogen and oxygen atoms in total. The summed E-state index contributed by atoms with van der Waals surface area (Å²) < 4.78 is 68.4. The summed E-state index contributed by atoms with van der Waals surface area (Å²) in [5, 5.41) is 0. The fourth-order valence-corrected chi connectivity index (χ4v) is 4.50. The van der Waals surface area contributed by atoms with Gasteiger partial charge in [-0.25, -0.2) is 26.4 Å². The third-order valence-corrected chi connectivity index (χ3v) is 5.90. The third-order valence-electron chi connectivity index (χ3n) is 3.38. The summed E-state index contributed by atoms with van der Waals surface area (Å²) >= 11 is 0. The number of carbonyl (C=O) groups is 2. The van der Waals surface area contributed by atoms with Crippen molar-refractivity contribution in [3.63, 3.8) is 0 Å². The van der Waals surface area contributed by atoms with E-state index in [-0.39, 0.29) is 13.2 Å². The average molecular weight is 498 g/mol. The summed E-state index contributed by atoms with van der Waals surface area (Å²) in [6, 6.07) is 4.72. The van der Waals surface area contributed by atoms with Crippen molar-refractivity contribution in [1.29, 1.82) is 0 Å². The standard InChI is InChI=1S/C18H27NO11S2/c1-18(2,3)29-16(20)13(12-27-11-10-26-4)28-17(21)30-19-32(24,25)15-9-7-6-8-14(15)31(5,22)23/h6-9,13,19H,10-12H2,1-5H3. The first-order valence-corrected chi connectivity index (χ1v) is 12.5. The van der Waals surface area contributed by atoms with Gasteiger partial charge in [-0.05, 0) is 37.8 Å². The molecule has 1 rings (SSSR count). The quantitative estimate of drug-likeness (QED) is 0.262. The smallest absolute Gasteiger partial charge is 0.457 e. The lowest BCUT2D eigenvalue weighted by atomic mass is 10.2. The van der Waals surface area contributed by atoms with E-state index in [2.05, 4.69) is 4.84 Å². The molecule has 0 aliphatic carbocycles. The number of benzene rings is 1. The van der Waals surface area contributed by atoms with Crippen LogP contribution in [0, 0.1) is 0 Å². The number of nitrogens with one attached hydrogen (secondary N) is 1. The van der Waals surface area contributed by atoms with Crippen LogP contribution in [0.1, 0.15) is 20.8 Å². The van der Waals surface area contributed by atoms with Crippen molar-refractivity contribution in [2.75, 3.05) is 33.2 Å². The summed E-state index contributed by atoms with van der Waals surface area (Å²) in [4.78, 5) is 29.0. The number of methoxy groups -OCH3 is 1. The van der Waals surface area contributed by atoms with Crippen LogP contribution in [-0.4, -0.2) is 73.9 Å². The van der Waals surface area contributed by atoms with Gasteiger partial charge in [-0.1, -0.05) is 12.1 Å². The minimum Gasteiger partial charge on any atom is -0.457 e. The maximum absolute atomic E-state index is 12.4. The molecule has 0 aliphatic heterocycles. The summed E-state index contributed by atoms with van der Waals surface area (Å²) in [5.74, 6) is -0.947. The van der Waals surface area contributed by atoms with E-state index in [1.165, 1.54) is 24.1 Å². The van der Waals surface area contributed by atoms with E-state index in [1.54, 1.807) is 20.8 Å². The van der Waals surface area contributed by atoms with Crippen LogP contribution in [0.5, 0.6) is 0 Å². The fraction of sp³-hybridized carbons (Fsp3) is 0.556. The fourth-order valence-electron chi connectivity index (χ4n) is 2.10. The average Bonchev–Trinajstić information content (AvgIpc) is 2.67. The predicted octanol–water partition coefficient (Wildman–Crippen LogP) is 0.810. The Morgan fingerprint density at radius 2 is 1.62 bits per heavy atom. The van der Waals surface area contributed by atoms with Crippen LogP contribution in [0.15, 0.2) is 34.1 Å². The Hall–Kier alpha value is -2.26. The Kier molecular flexibility index (Phi) is 10.0. The third kappa shape index (κ3) is 9.48. The number of sulfone groups is 1. The van der Waals surface area contributed by atoms with Crippen LogP contribution in [0.2, 0.25) is 0 Å². The topological polar surface area (TPSA) is 161 Å². The first-order valence-electron chi connectivity index (χ1n) is 9.15. The highest BCUT2D eigenvalue weighted by atomic mass is 32.2. The SMILES string of the molecule is COCCOCC(OC(=O)ONS(=O)(=O)c1ccccc1S(C)(=O)=O)C(=O)OC(C)(C)C. The van der Waals surface area contributed by atoms with Gasteiger partial charge in [0.15, 0.2) is 9.84 Å². The normalized spacial score (nSPS) is 13.3. The van der Waals surface area contributed by atoms with Gasteiger partial charge in [0.1, 0.15) is 10.5 Å². The number of ether oxygens (including phenoxy) is 4. The number of hydrogen-bond acceptors (Lipinski definition) is 11. The molecule has 1 N–H and O–H groups in total. The minimum atomic E-state index is -4.59. The van der Waals surface area contributed by atoms with E-state index >= 15 is 0 Å². The molecule has 14 heteroatoms. The van der Waals surface area contributed by atoms with Crippen LogP contribution >= 0.6 is 0 Å². The molecule has 0 bridgehead atoms. The largest absolute Gasteiger partial charge is 0.529 e. The van der Waals surface area contributed by atoms with Crippen LogP contribution < -0.4 is 4.89 Å². The molecule has 1 aromatic carbocycles. The molecular weight excluding hydrogens is 470 g/mol. The zero-order valence-corrected chi connectivity index (χ0v) is 19.9. The monoisotopic (exact) mass is 497 g/mol. The Morgan fingerprint density at radius 1 is 1.03 bits per heavy atom. The van der Waals surface area contributed by atoms with Crippen molar-refractivity contribution in [2.24, 2.45) is 0 Å². The van der Waals surface area contributed by atoms with Gasteiger partial charge in [0.2, 0.25) is 6.10 Å². The highest BCUT2D eigenvalue weighted by Gasteiger charge is 2.31.